The third kappa shape index (κ3) is 2.79. The van der Waals surface area contributed by atoms with Crippen molar-refractivity contribution in [2.75, 3.05) is 26.2 Å². The average Bonchev–Trinajstić information content (AvgIpc) is 3.10. The molecule has 5 heteroatoms. The second-order valence-electron chi connectivity index (χ2n) is 5.53. The molecule has 0 aromatic carbocycles. The highest BCUT2D eigenvalue weighted by Gasteiger charge is 2.31. The first-order valence-corrected chi connectivity index (χ1v) is 7.49. The van der Waals surface area contributed by atoms with E-state index in [9.17, 15) is 4.79 Å². The standard InChI is InChI=1S/C14H20ClN3O/c15-11-8-13(16-9-11)14(19)18-7-3-4-12(18)10-17-5-1-2-6-17/h8-9,12,16H,1-7,10H2/t12-/m1/s1. The van der Waals surface area contributed by atoms with Gasteiger partial charge in [0.25, 0.3) is 5.91 Å². The van der Waals surface area contributed by atoms with E-state index in [2.05, 4.69) is 9.88 Å². The van der Waals surface area contributed by atoms with Crippen molar-refractivity contribution in [1.82, 2.24) is 14.8 Å². The van der Waals surface area contributed by atoms with Crippen LogP contribution in [0.4, 0.5) is 0 Å². The normalized spacial score (nSPS) is 24.3. The van der Waals surface area contributed by atoms with E-state index in [1.807, 2.05) is 4.90 Å². The van der Waals surface area contributed by atoms with Gasteiger partial charge in [-0.2, -0.15) is 0 Å². The number of amides is 1. The molecule has 0 aliphatic carbocycles. The smallest absolute Gasteiger partial charge is 0.270 e. The van der Waals surface area contributed by atoms with Gasteiger partial charge in [-0.15, -0.1) is 0 Å². The fraction of sp³-hybridized carbons (Fsp3) is 0.643. The van der Waals surface area contributed by atoms with Crippen molar-refractivity contribution in [1.29, 1.82) is 0 Å². The highest BCUT2D eigenvalue weighted by molar-refractivity contribution is 6.30. The van der Waals surface area contributed by atoms with E-state index < -0.39 is 0 Å². The Hall–Kier alpha value is -1.00. The van der Waals surface area contributed by atoms with Crippen molar-refractivity contribution in [3.8, 4) is 0 Å². The Balaban J connectivity index is 1.66. The van der Waals surface area contributed by atoms with Crippen molar-refractivity contribution in [2.24, 2.45) is 0 Å². The molecule has 2 aliphatic rings. The van der Waals surface area contributed by atoms with Crippen LogP contribution in [0.15, 0.2) is 12.3 Å². The molecule has 3 heterocycles. The zero-order valence-electron chi connectivity index (χ0n) is 11.1. The quantitative estimate of drug-likeness (QED) is 0.924. The minimum absolute atomic E-state index is 0.0913. The number of nitrogens with one attached hydrogen (secondary N) is 1. The first kappa shape index (κ1) is 13.0. The zero-order chi connectivity index (χ0) is 13.2. The van der Waals surface area contributed by atoms with E-state index in [1.54, 1.807) is 12.3 Å². The summed E-state index contributed by atoms with van der Waals surface area (Å²) >= 11 is 5.87. The summed E-state index contributed by atoms with van der Waals surface area (Å²) in [5, 5.41) is 0.596. The molecule has 0 unspecified atom stereocenters. The maximum absolute atomic E-state index is 12.5. The number of carbonyl (C=O) groups excluding carboxylic acids is 1. The van der Waals surface area contributed by atoms with E-state index in [0.29, 0.717) is 16.8 Å². The maximum atomic E-state index is 12.5. The summed E-state index contributed by atoms with van der Waals surface area (Å²) in [5.74, 6) is 0.0913. The Morgan fingerprint density at radius 2 is 2.11 bits per heavy atom. The number of hydrogen-bond donors (Lipinski definition) is 1. The number of aromatic amines is 1. The van der Waals surface area contributed by atoms with Gasteiger partial charge < -0.3 is 14.8 Å². The van der Waals surface area contributed by atoms with Gasteiger partial charge in [0.05, 0.1) is 5.02 Å². The second-order valence-corrected chi connectivity index (χ2v) is 5.97. The number of nitrogens with zero attached hydrogens (tertiary/aromatic N) is 2. The van der Waals surface area contributed by atoms with Gasteiger partial charge in [0.1, 0.15) is 5.69 Å². The molecular formula is C14H20ClN3O. The Morgan fingerprint density at radius 3 is 2.79 bits per heavy atom. The SMILES string of the molecule is O=C(c1cc(Cl)c[nH]1)N1CCC[C@@H]1CN1CCCC1. The van der Waals surface area contributed by atoms with Gasteiger partial charge >= 0.3 is 0 Å². The molecule has 3 rings (SSSR count). The minimum Gasteiger partial charge on any atom is -0.356 e. The van der Waals surface area contributed by atoms with E-state index >= 15 is 0 Å². The summed E-state index contributed by atoms with van der Waals surface area (Å²) in [6.07, 6.45) is 6.50. The van der Waals surface area contributed by atoms with Crippen LogP contribution in [0, 0.1) is 0 Å². The molecule has 2 saturated heterocycles. The monoisotopic (exact) mass is 281 g/mol. The van der Waals surface area contributed by atoms with Crippen molar-refractivity contribution >= 4 is 17.5 Å². The lowest BCUT2D eigenvalue weighted by Crippen LogP contribution is -2.42. The molecule has 2 aliphatic heterocycles. The fourth-order valence-corrected chi connectivity index (χ4v) is 3.37. The lowest BCUT2D eigenvalue weighted by Gasteiger charge is -2.28. The van der Waals surface area contributed by atoms with E-state index in [1.165, 1.54) is 25.9 Å². The Morgan fingerprint density at radius 1 is 1.32 bits per heavy atom. The van der Waals surface area contributed by atoms with Crippen molar-refractivity contribution in [3.63, 3.8) is 0 Å². The Bertz CT molecular complexity index is 453. The predicted octanol–water partition coefficient (Wildman–Crippen LogP) is 2.37. The summed E-state index contributed by atoms with van der Waals surface area (Å²) in [4.78, 5) is 19.9. The fourth-order valence-electron chi connectivity index (χ4n) is 3.20. The minimum atomic E-state index is 0.0913. The van der Waals surface area contributed by atoms with Gasteiger partial charge in [-0.1, -0.05) is 11.6 Å². The topological polar surface area (TPSA) is 39.3 Å². The highest BCUT2D eigenvalue weighted by atomic mass is 35.5. The first-order valence-electron chi connectivity index (χ1n) is 7.11. The largest absolute Gasteiger partial charge is 0.356 e. The van der Waals surface area contributed by atoms with Crippen LogP contribution in [0.3, 0.4) is 0 Å². The molecule has 1 aromatic rings. The van der Waals surface area contributed by atoms with Gasteiger partial charge in [0, 0.05) is 25.3 Å². The average molecular weight is 282 g/mol. The van der Waals surface area contributed by atoms with E-state index in [4.69, 9.17) is 11.6 Å². The lowest BCUT2D eigenvalue weighted by molar-refractivity contribution is 0.0703. The van der Waals surface area contributed by atoms with Crippen LogP contribution >= 0.6 is 11.6 Å². The molecule has 2 fully saturated rings. The maximum Gasteiger partial charge on any atom is 0.270 e. The van der Waals surface area contributed by atoms with Gasteiger partial charge in [-0.3, -0.25) is 4.79 Å². The molecule has 0 bridgehead atoms. The van der Waals surface area contributed by atoms with Gasteiger partial charge in [-0.25, -0.2) is 0 Å². The number of H-pyrrole nitrogens is 1. The summed E-state index contributed by atoms with van der Waals surface area (Å²) in [6, 6.07) is 2.09. The number of carbonyl (C=O) groups is 1. The third-order valence-corrected chi connectivity index (χ3v) is 4.40. The van der Waals surface area contributed by atoms with Gasteiger partial charge in [0.15, 0.2) is 0 Å². The van der Waals surface area contributed by atoms with Crippen molar-refractivity contribution in [3.05, 3.63) is 23.0 Å². The summed E-state index contributed by atoms with van der Waals surface area (Å²) in [7, 11) is 0. The molecule has 1 aromatic heterocycles. The van der Waals surface area contributed by atoms with Crippen LogP contribution in [0.5, 0.6) is 0 Å². The molecule has 104 valence electrons. The molecule has 4 nitrogen and oxygen atoms in total. The number of halogens is 1. The molecule has 19 heavy (non-hydrogen) atoms. The summed E-state index contributed by atoms with van der Waals surface area (Å²) in [5.41, 5.74) is 0.610. The summed E-state index contributed by atoms with van der Waals surface area (Å²) < 4.78 is 0. The van der Waals surface area contributed by atoms with Crippen LogP contribution in [0.2, 0.25) is 5.02 Å². The molecule has 1 amide bonds. The highest BCUT2D eigenvalue weighted by Crippen LogP contribution is 2.23. The lowest BCUT2D eigenvalue weighted by atomic mass is 10.2. The van der Waals surface area contributed by atoms with Crippen LogP contribution in [-0.4, -0.2) is 52.9 Å². The molecule has 1 atom stereocenters. The van der Waals surface area contributed by atoms with Crippen LogP contribution in [-0.2, 0) is 0 Å². The van der Waals surface area contributed by atoms with E-state index in [-0.39, 0.29) is 5.91 Å². The van der Waals surface area contributed by atoms with Crippen LogP contribution in [0.1, 0.15) is 36.2 Å². The molecule has 1 N–H and O–H groups in total. The number of likely N-dealkylation sites (tertiary alicyclic amines) is 2. The molecule has 0 saturated carbocycles. The van der Waals surface area contributed by atoms with E-state index in [0.717, 1.165) is 25.9 Å². The predicted molar refractivity (Wildman–Crippen MR) is 75.5 cm³/mol. The summed E-state index contributed by atoms with van der Waals surface area (Å²) in [6.45, 7) is 4.27. The second kappa shape index (κ2) is 5.55. The van der Waals surface area contributed by atoms with Crippen molar-refractivity contribution in [2.45, 2.75) is 31.7 Å². The Labute approximate surface area is 118 Å². The zero-order valence-corrected chi connectivity index (χ0v) is 11.8. The van der Waals surface area contributed by atoms with Crippen molar-refractivity contribution < 1.29 is 4.79 Å². The van der Waals surface area contributed by atoms with Gasteiger partial charge in [0.2, 0.25) is 0 Å². The Kier molecular flexibility index (Phi) is 3.80. The van der Waals surface area contributed by atoms with Crippen LogP contribution < -0.4 is 0 Å². The third-order valence-electron chi connectivity index (χ3n) is 4.18. The number of aromatic nitrogens is 1. The molecular weight excluding hydrogens is 262 g/mol. The molecule has 0 radical (unpaired) electrons. The van der Waals surface area contributed by atoms with Gasteiger partial charge in [-0.05, 0) is 44.8 Å². The number of rotatable bonds is 3. The number of hydrogen-bond acceptors (Lipinski definition) is 2. The first-order chi connectivity index (χ1) is 9.24. The van der Waals surface area contributed by atoms with Crippen LogP contribution in [0.25, 0.3) is 0 Å². The molecule has 0 spiro atoms.